The van der Waals surface area contributed by atoms with Gasteiger partial charge in [-0.1, -0.05) is 18.2 Å². The molecule has 1 fully saturated rings. The molecule has 2 aromatic rings. The minimum Gasteiger partial charge on any atom is -0.399 e. The van der Waals surface area contributed by atoms with Crippen molar-refractivity contribution in [3.63, 3.8) is 0 Å². The van der Waals surface area contributed by atoms with Gasteiger partial charge in [-0.25, -0.2) is 0 Å². The summed E-state index contributed by atoms with van der Waals surface area (Å²) in [5.41, 5.74) is 8.84. The third kappa shape index (κ3) is 5.81. The largest absolute Gasteiger partial charge is 0.399 e. The van der Waals surface area contributed by atoms with Crippen LogP contribution in [-0.2, 0) is 18.3 Å². The first-order valence-corrected chi connectivity index (χ1v) is 8.48. The standard InChI is InChI=1S/C18H25N5O.2ClH/c1-22-13-16(11-20-22)23-10-4-6-15(12-23)21-18(24)9-8-14-5-2-3-7-17(14)19;;/h2-3,5,7,11,13,15H,4,6,8-10,12,19H2,1H3,(H,21,24);2*1H. The molecule has 0 spiro atoms. The lowest BCUT2D eigenvalue weighted by Gasteiger charge is -2.33. The maximum absolute atomic E-state index is 12.3. The Morgan fingerprint density at radius 3 is 2.81 bits per heavy atom. The highest BCUT2D eigenvalue weighted by Crippen LogP contribution is 2.19. The zero-order valence-corrected chi connectivity index (χ0v) is 16.6. The number of amides is 1. The van der Waals surface area contributed by atoms with Crippen molar-refractivity contribution in [2.45, 2.75) is 31.7 Å². The zero-order valence-electron chi connectivity index (χ0n) is 14.9. The zero-order chi connectivity index (χ0) is 16.9. The fourth-order valence-electron chi connectivity index (χ4n) is 3.21. The van der Waals surface area contributed by atoms with Crippen molar-refractivity contribution in [3.05, 3.63) is 42.2 Å². The van der Waals surface area contributed by atoms with Gasteiger partial charge in [-0.15, -0.1) is 24.8 Å². The lowest BCUT2D eigenvalue weighted by molar-refractivity contribution is -0.121. The number of nitrogens with two attached hydrogens (primary N) is 1. The molecule has 1 aliphatic rings. The van der Waals surface area contributed by atoms with Crippen LogP contribution in [0.25, 0.3) is 0 Å². The molecule has 0 bridgehead atoms. The van der Waals surface area contributed by atoms with E-state index in [1.165, 1.54) is 0 Å². The van der Waals surface area contributed by atoms with Gasteiger partial charge in [0.1, 0.15) is 0 Å². The number of benzene rings is 1. The topological polar surface area (TPSA) is 76.2 Å². The van der Waals surface area contributed by atoms with Gasteiger partial charge in [-0.3, -0.25) is 9.48 Å². The van der Waals surface area contributed by atoms with Gasteiger partial charge in [0.2, 0.25) is 5.91 Å². The molecule has 0 saturated carbocycles. The van der Waals surface area contributed by atoms with Gasteiger partial charge in [-0.2, -0.15) is 5.10 Å². The molecule has 1 aromatic heterocycles. The Morgan fingerprint density at radius 2 is 2.12 bits per heavy atom. The van der Waals surface area contributed by atoms with Gasteiger partial charge in [0.15, 0.2) is 0 Å². The second-order valence-corrected chi connectivity index (χ2v) is 6.42. The number of anilines is 2. The minimum absolute atomic E-state index is 0. The molecule has 2 heterocycles. The van der Waals surface area contributed by atoms with Crippen LogP contribution in [-0.4, -0.2) is 34.8 Å². The smallest absolute Gasteiger partial charge is 0.220 e. The second kappa shape index (κ2) is 10.3. The van der Waals surface area contributed by atoms with Gasteiger partial charge in [0.25, 0.3) is 0 Å². The quantitative estimate of drug-likeness (QED) is 0.757. The summed E-state index contributed by atoms with van der Waals surface area (Å²) in [5, 5.41) is 7.39. The number of aromatic nitrogens is 2. The number of carbonyl (C=O) groups excluding carboxylic acids is 1. The predicted molar refractivity (Wildman–Crippen MR) is 110 cm³/mol. The Morgan fingerprint density at radius 1 is 1.35 bits per heavy atom. The summed E-state index contributed by atoms with van der Waals surface area (Å²) in [7, 11) is 1.92. The Bertz CT molecular complexity index is 706. The maximum atomic E-state index is 12.3. The molecule has 6 nitrogen and oxygen atoms in total. The predicted octanol–water partition coefficient (Wildman–Crippen LogP) is 2.56. The number of piperidine rings is 1. The van der Waals surface area contributed by atoms with Crippen molar-refractivity contribution in [1.82, 2.24) is 15.1 Å². The van der Waals surface area contributed by atoms with E-state index in [9.17, 15) is 4.79 Å². The minimum atomic E-state index is 0. The number of nitrogens with one attached hydrogen (secondary N) is 1. The Hall–Kier alpha value is -1.92. The first kappa shape index (κ1) is 22.1. The van der Waals surface area contributed by atoms with Gasteiger partial charge in [-0.05, 0) is 30.9 Å². The highest BCUT2D eigenvalue weighted by Gasteiger charge is 2.22. The molecule has 144 valence electrons. The second-order valence-electron chi connectivity index (χ2n) is 6.42. The number of aryl methyl sites for hydroxylation is 2. The van der Waals surface area contributed by atoms with Crippen molar-refractivity contribution >= 4 is 42.1 Å². The molecule has 0 aliphatic carbocycles. The molecule has 1 atom stereocenters. The number of nitrogens with zero attached hydrogens (tertiary/aromatic N) is 3. The first-order chi connectivity index (χ1) is 11.6. The Balaban J connectivity index is 0.00000169. The van der Waals surface area contributed by atoms with E-state index < -0.39 is 0 Å². The summed E-state index contributed by atoms with van der Waals surface area (Å²) in [4.78, 5) is 14.5. The molecule has 1 aromatic carbocycles. The van der Waals surface area contributed by atoms with Crippen LogP contribution in [0.2, 0.25) is 0 Å². The van der Waals surface area contributed by atoms with Gasteiger partial charge in [0, 0.05) is 44.5 Å². The molecule has 3 rings (SSSR count). The van der Waals surface area contributed by atoms with Gasteiger partial charge < -0.3 is 16.0 Å². The average Bonchev–Trinajstić information content (AvgIpc) is 3.01. The van der Waals surface area contributed by atoms with Gasteiger partial charge in [0.05, 0.1) is 11.9 Å². The molecule has 1 saturated heterocycles. The van der Waals surface area contributed by atoms with E-state index in [2.05, 4.69) is 15.3 Å². The van der Waals surface area contributed by atoms with E-state index in [1.54, 1.807) is 0 Å². The SMILES string of the molecule is Cl.Cl.Cn1cc(N2CCCC(NC(=O)CCc3ccccc3N)C2)cn1. The number of rotatable bonds is 5. The Labute approximate surface area is 166 Å². The van der Waals surface area contributed by atoms with Crippen LogP contribution in [0.5, 0.6) is 0 Å². The van der Waals surface area contributed by atoms with Crippen molar-refractivity contribution in [2.75, 3.05) is 23.7 Å². The molecule has 3 N–H and O–H groups in total. The monoisotopic (exact) mass is 399 g/mol. The summed E-state index contributed by atoms with van der Waals surface area (Å²) in [6.07, 6.45) is 7.14. The van der Waals surface area contributed by atoms with E-state index >= 15 is 0 Å². The molecule has 1 amide bonds. The number of halogens is 2. The van der Waals surface area contributed by atoms with E-state index in [1.807, 2.05) is 48.4 Å². The highest BCUT2D eigenvalue weighted by molar-refractivity contribution is 5.85. The van der Waals surface area contributed by atoms with Crippen LogP contribution in [0.3, 0.4) is 0 Å². The first-order valence-electron chi connectivity index (χ1n) is 8.48. The van der Waals surface area contributed by atoms with Crippen LogP contribution in [0.15, 0.2) is 36.7 Å². The molecule has 1 unspecified atom stereocenters. The van der Waals surface area contributed by atoms with E-state index in [-0.39, 0.29) is 36.8 Å². The number of nitrogen functional groups attached to an aromatic ring is 1. The average molecular weight is 400 g/mol. The fourth-order valence-corrected chi connectivity index (χ4v) is 3.21. The third-order valence-corrected chi connectivity index (χ3v) is 4.52. The van der Waals surface area contributed by atoms with Crippen LogP contribution in [0.1, 0.15) is 24.8 Å². The molecule has 8 heteroatoms. The molecule has 26 heavy (non-hydrogen) atoms. The third-order valence-electron chi connectivity index (χ3n) is 4.52. The normalized spacial score (nSPS) is 16.3. The number of hydrogen-bond acceptors (Lipinski definition) is 4. The number of carbonyl (C=O) groups is 1. The summed E-state index contributed by atoms with van der Waals surface area (Å²) >= 11 is 0. The number of hydrogen-bond donors (Lipinski definition) is 2. The van der Waals surface area contributed by atoms with Crippen LogP contribution in [0, 0.1) is 0 Å². The van der Waals surface area contributed by atoms with Crippen molar-refractivity contribution in [3.8, 4) is 0 Å². The molecule has 0 radical (unpaired) electrons. The summed E-state index contributed by atoms with van der Waals surface area (Å²) in [6, 6.07) is 7.91. The molecular weight excluding hydrogens is 373 g/mol. The van der Waals surface area contributed by atoms with Crippen LogP contribution >= 0.6 is 24.8 Å². The van der Waals surface area contributed by atoms with Gasteiger partial charge >= 0.3 is 0 Å². The van der Waals surface area contributed by atoms with E-state index in [0.717, 1.165) is 42.9 Å². The molecule has 1 aliphatic heterocycles. The maximum Gasteiger partial charge on any atom is 0.220 e. The highest BCUT2D eigenvalue weighted by atomic mass is 35.5. The van der Waals surface area contributed by atoms with Crippen molar-refractivity contribution < 1.29 is 4.79 Å². The number of para-hydroxylation sites is 1. The molecular formula is C18H27Cl2N5O. The lowest BCUT2D eigenvalue weighted by atomic mass is 10.0. The van der Waals surface area contributed by atoms with Crippen molar-refractivity contribution in [1.29, 1.82) is 0 Å². The summed E-state index contributed by atoms with van der Waals surface area (Å²) < 4.78 is 1.81. The Kier molecular flexibility index (Phi) is 8.75. The fraction of sp³-hybridized carbons (Fsp3) is 0.444. The van der Waals surface area contributed by atoms with Crippen LogP contribution < -0.4 is 16.0 Å². The van der Waals surface area contributed by atoms with E-state index in [4.69, 9.17) is 5.73 Å². The lowest BCUT2D eigenvalue weighted by Crippen LogP contribution is -2.47. The van der Waals surface area contributed by atoms with Crippen molar-refractivity contribution in [2.24, 2.45) is 7.05 Å². The van der Waals surface area contributed by atoms with E-state index in [0.29, 0.717) is 12.8 Å². The summed E-state index contributed by atoms with van der Waals surface area (Å²) in [6.45, 7) is 1.85. The van der Waals surface area contributed by atoms with Crippen LogP contribution in [0.4, 0.5) is 11.4 Å². The summed E-state index contributed by atoms with van der Waals surface area (Å²) in [5.74, 6) is 0.0938.